The molecule has 19 heavy (non-hydrogen) atoms. The fraction of sp³-hybridized carbons (Fsp3) is 0.533. The van der Waals surface area contributed by atoms with Crippen molar-refractivity contribution in [3.8, 4) is 5.75 Å². The summed E-state index contributed by atoms with van der Waals surface area (Å²) >= 11 is 0. The molecule has 0 aromatic heterocycles. The lowest BCUT2D eigenvalue weighted by Crippen LogP contribution is -2.16. The summed E-state index contributed by atoms with van der Waals surface area (Å²) in [4.78, 5) is 14.1. The van der Waals surface area contributed by atoms with Gasteiger partial charge in [-0.15, -0.1) is 12.4 Å². The standard InChI is InChI=1S/C15H21NO2.ClH/c1-16(2)9-8-14(17)12-6-7-15-13(11-12)5-3-4-10-18-15;/h6-7,11H,3-5,8-10H2,1-2H3;1H. The quantitative estimate of drug-likeness (QED) is 0.796. The Kier molecular flexibility index (Phi) is 6.32. The number of ketones is 1. The average molecular weight is 284 g/mol. The zero-order valence-corrected chi connectivity index (χ0v) is 12.5. The van der Waals surface area contributed by atoms with Crippen molar-refractivity contribution in [2.75, 3.05) is 27.2 Å². The summed E-state index contributed by atoms with van der Waals surface area (Å²) in [5.41, 5.74) is 2.00. The molecular formula is C15H22ClNO2. The number of carbonyl (C=O) groups excluding carboxylic acids is 1. The molecule has 3 nitrogen and oxygen atoms in total. The molecule has 0 unspecified atom stereocenters. The Morgan fingerprint density at radius 2 is 2.11 bits per heavy atom. The highest BCUT2D eigenvalue weighted by Gasteiger charge is 2.13. The molecule has 0 fully saturated rings. The summed E-state index contributed by atoms with van der Waals surface area (Å²) in [7, 11) is 3.97. The predicted molar refractivity (Wildman–Crippen MR) is 79.6 cm³/mol. The molecule has 0 saturated carbocycles. The molecule has 0 aliphatic carbocycles. The molecule has 1 aliphatic heterocycles. The average Bonchev–Trinajstić information content (AvgIpc) is 2.60. The summed E-state index contributed by atoms with van der Waals surface area (Å²) in [6, 6.07) is 5.85. The number of benzene rings is 1. The maximum absolute atomic E-state index is 12.1. The van der Waals surface area contributed by atoms with Crippen LogP contribution in [0.15, 0.2) is 18.2 Å². The van der Waals surface area contributed by atoms with Crippen molar-refractivity contribution in [1.82, 2.24) is 4.90 Å². The van der Waals surface area contributed by atoms with E-state index in [1.54, 1.807) is 0 Å². The Hall–Kier alpha value is -1.06. The summed E-state index contributed by atoms with van der Waals surface area (Å²) < 4.78 is 5.66. The molecule has 2 rings (SSSR count). The van der Waals surface area contributed by atoms with Crippen LogP contribution >= 0.6 is 12.4 Å². The maximum Gasteiger partial charge on any atom is 0.164 e. The van der Waals surface area contributed by atoms with Crippen LogP contribution in [0.5, 0.6) is 5.75 Å². The van der Waals surface area contributed by atoms with Crippen LogP contribution in [0.2, 0.25) is 0 Å². The SMILES string of the molecule is CN(C)CCC(=O)c1ccc2c(c1)CCCCO2.Cl. The van der Waals surface area contributed by atoms with Gasteiger partial charge in [-0.3, -0.25) is 4.79 Å². The Balaban J connectivity index is 0.00000180. The molecule has 106 valence electrons. The highest BCUT2D eigenvalue weighted by atomic mass is 35.5. The summed E-state index contributed by atoms with van der Waals surface area (Å²) in [6.45, 7) is 1.59. The maximum atomic E-state index is 12.1. The van der Waals surface area contributed by atoms with Crippen molar-refractivity contribution < 1.29 is 9.53 Å². The minimum Gasteiger partial charge on any atom is -0.493 e. The van der Waals surface area contributed by atoms with Gasteiger partial charge >= 0.3 is 0 Å². The van der Waals surface area contributed by atoms with E-state index in [1.165, 1.54) is 5.56 Å². The third-order valence-electron chi connectivity index (χ3n) is 3.27. The molecular weight excluding hydrogens is 262 g/mol. The van der Waals surface area contributed by atoms with E-state index in [2.05, 4.69) is 0 Å². The fourth-order valence-electron chi connectivity index (χ4n) is 2.16. The number of rotatable bonds is 4. The van der Waals surface area contributed by atoms with E-state index >= 15 is 0 Å². The number of hydrogen-bond donors (Lipinski definition) is 0. The molecule has 0 spiro atoms. The molecule has 1 aliphatic rings. The van der Waals surface area contributed by atoms with Gasteiger partial charge in [-0.2, -0.15) is 0 Å². The summed E-state index contributed by atoms with van der Waals surface area (Å²) in [6.07, 6.45) is 3.83. The van der Waals surface area contributed by atoms with E-state index in [-0.39, 0.29) is 18.2 Å². The number of nitrogens with zero attached hydrogens (tertiary/aromatic N) is 1. The van der Waals surface area contributed by atoms with Gasteiger partial charge in [0.05, 0.1) is 6.61 Å². The van der Waals surface area contributed by atoms with Gasteiger partial charge in [0.2, 0.25) is 0 Å². The zero-order valence-electron chi connectivity index (χ0n) is 11.6. The van der Waals surface area contributed by atoms with Crippen molar-refractivity contribution >= 4 is 18.2 Å². The monoisotopic (exact) mass is 283 g/mol. The lowest BCUT2D eigenvalue weighted by molar-refractivity contribution is 0.0972. The number of hydrogen-bond acceptors (Lipinski definition) is 3. The van der Waals surface area contributed by atoms with Gasteiger partial charge in [0.15, 0.2) is 5.78 Å². The van der Waals surface area contributed by atoms with Crippen molar-refractivity contribution in [3.05, 3.63) is 29.3 Å². The second kappa shape index (κ2) is 7.51. The first kappa shape index (κ1) is 16.0. The topological polar surface area (TPSA) is 29.5 Å². The number of halogens is 1. The fourth-order valence-corrected chi connectivity index (χ4v) is 2.16. The first-order valence-electron chi connectivity index (χ1n) is 6.60. The van der Waals surface area contributed by atoms with E-state index in [0.29, 0.717) is 6.42 Å². The van der Waals surface area contributed by atoms with Gasteiger partial charge in [-0.1, -0.05) is 0 Å². The second-order valence-electron chi connectivity index (χ2n) is 5.10. The van der Waals surface area contributed by atoms with Gasteiger partial charge in [0.1, 0.15) is 5.75 Å². The normalized spacial score (nSPS) is 14.1. The van der Waals surface area contributed by atoms with Gasteiger partial charge in [-0.25, -0.2) is 0 Å². The molecule has 1 aromatic carbocycles. The van der Waals surface area contributed by atoms with Crippen molar-refractivity contribution in [3.63, 3.8) is 0 Å². The van der Waals surface area contributed by atoms with Crippen LogP contribution in [-0.4, -0.2) is 37.9 Å². The number of ether oxygens (including phenoxy) is 1. The lowest BCUT2D eigenvalue weighted by atomic mass is 10.0. The molecule has 1 aromatic rings. The molecule has 4 heteroatoms. The predicted octanol–water partition coefficient (Wildman–Crippen LogP) is 2.96. The Morgan fingerprint density at radius 1 is 1.32 bits per heavy atom. The van der Waals surface area contributed by atoms with E-state index in [4.69, 9.17) is 4.74 Å². The molecule has 0 radical (unpaired) electrons. The van der Waals surface area contributed by atoms with Crippen LogP contribution in [0.1, 0.15) is 35.2 Å². The molecule has 0 saturated heterocycles. The van der Waals surface area contributed by atoms with E-state index in [9.17, 15) is 4.79 Å². The lowest BCUT2D eigenvalue weighted by Gasteiger charge is -2.10. The molecule has 1 heterocycles. The van der Waals surface area contributed by atoms with E-state index < -0.39 is 0 Å². The minimum atomic E-state index is 0. The largest absolute Gasteiger partial charge is 0.493 e. The Labute approximate surface area is 121 Å². The van der Waals surface area contributed by atoms with Crippen LogP contribution in [0.3, 0.4) is 0 Å². The van der Waals surface area contributed by atoms with Crippen molar-refractivity contribution in [2.24, 2.45) is 0 Å². The number of Topliss-reactive ketones (excluding diaryl/α,β-unsaturated/α-hetero) is 1. The number of aryl methyl sites for hydroxylation is 1. The third kappa shape index (κ3) is 4.51. The first-order valence-corrected chi connectivity index (χ1v) is 6.60. The number of fused-ring (bicyclic) bond motifs is 1. The van der Waals surface area contributed by atoms with Gasteiger partial charge in [0, 0.05) is 18.5 Å². The van der Waals surface area contributed by atoms with Gasteiger partial charge < -0.3 is 9.64 Å². The smallest absolute Gasteiger partial charge is 0.164 e. The number of carbonyl (C=O) groups is 1. The second-order valence-corrected chi connectivity index (χ2v) is 5.10. The van der Waals surface area contributed by atoms with E-state index in [0.717, 1.165) is 43.7 Å². The third-order valence-corrected chi connectivity index (χ3v) is 3.27. The van der Waals surface area contributed by atoms with Crippen LogP contribution in [-0.2, 0) is 6.42 Å². The Bertz CT molecular complexity index is 432. The zero-order chi connectivity index (χ0) is 13.0. The van der Waals surface area contributed by atoms with E-state index in [1.807, 2.05) is 37.2 Å². The van der Waals surface area contributed by atoms with Crippen LogP contribution < -0.4 is 4.74 Å². The summed E-state index contributed by atoms with van der Waals surface area (Å²) in [5.74, 6) is 1.17. The highest BCUT2D eigenvalue weighted by molar-refractivity contribution is 5.96. The molecule has 0 atom stereocenters. The summed E-state index contributed by atoms with van der Waals surface area (Å²) in [5, 5.41) is 0. The van der Waals surface area contributed by atoms with Gasteiger partial charge in [-0.05, 0) is 57.1 Å². The van der Waals surface area contributed by atoms with Crippen molar-refractivity contribution in [1.29, 1.82) is 0 Å². The molecule has 0 bridgehead atoms. The van der Waals surface area contributed by atoms with Crippen LogP contribution in [0, 0.1) is 0 Å². The minimum absolute atomic E-state index is 0. The highest BCUT2D eigenvalue weighted by Crippen LogP contribution is 2.25. The van der Waals surface area contributed by atoms with Crippen LogP contribution in [0.25, 0.3) is 0 Å². The van der Waals surface area contributed by atoms with Crippen molar-refractivity contribution in [2.45, 2.75) is 25.7 Å². The molecule has 0 amide bonds. The van der Waals surface area contributed by atoms with Crippen LogP contribution in [0.4, 0.5) is 0 Å². The first-order chi connectivity index (χ1) is 8.66. The Morgan fingerprint density at radius 3 is 2.84 bits per heavy atom. The van der Waals surface area contributed by atoms with Gasteiger partial charge in [0.25, 0.3) is 0 Å². The molecule has 0 N–H and O–H groups in total.